The summed E-state index contributed by atoms with van der Waals surface area (Å²) in [6.07, 6.45) is 2.48. The third kappa shape index (κ3) is 2.50. The van der Waals surface area contributed by atoms with Crippen LogP contribution in [0.3, 0.4) is 0 Å². The number of anilines is 1. The third-order valence-electron chi connectivity index (χ3n) is 2.90. The van der Waals surface area contributed by atoms with Crippen molar-refractivity contribution in [3.05, 3.63) is 23.4 Å². The molecule has 0 amide bonds. The molecule has 1 aromatic heterocycles. The molecule has 84 valence electrons. The lowest BCUT2D eigenvalue weighted by atomic mass is 10.2. The monoisotopic (exact) mass is 216 g/mol. The molecule has 1 aliphatic heterocycles. The molecular formula is C12H16N4. The molecule has 0 bridgehead atoms. The molecule has 0 radical (unpaired) electrons. The minimum absolute atomic E-state index is 0.553. The zero-order valence-electron chi connectivity index (χ0n) is 9.45. The lowest BCUT2D eigenvalue weighted by molar-refractivity contribution is 0.632. The van der Waals surface area contributed by atoms with Crippen molar-refractivity contribution >= 4 is 5.82 Å². The van der Waals surface area contributed by atoms with Gasteiger partial charge in [-0.1, -0.05) is 0 Å². The van der Waals surface area contributed by atoms with E-state index in [4.69, 9.17) is 5.26 Å². The summed E-state index contributed by atoms with van der Waals surface area (Å²) >= 11 is 0. The van der Waals surface area contributed by atoms with Crippen molar-refractivity contribution in [1.29, 1.82) is 5.26 Å². The summed E-state index contributed by atoms with van der Waals surface area (Å²) in [5.74, 6) is 0.852. The molecule has 0 aliphatic carbocycles. The predicted molar refractivity (Wildman–Crippen MR) is 63.2 cm³/mol. The van der Waals surface area contributed by atoms with Gasteiger partial charge in [0.15, 0.2) is 0 Å². The van der Waals surface area contributed by atoms with E-state index >= 15 is 0 Å². The summed E-state index contributed by atoms with van der Waals surface area (Å²) in [6, 6.07) is 6.34. The van der Waals surface area contributed by atoms with Crippen LogP contribution in [0.1, 0.15) is 24.1 Å². The second-order valence-corrected chi connectivity index (χ2v) is 4.12. The van der Waals surface area contributed by atoms with Gasteiger partial charge in [0.05, 0.1) is 11.3 Å². The largest absolute Gasteiger partial charge is 0.369 e. The highest BCUT2D eigenvalue weighted by Gasteiger charge is 2.13. The Balaban J connectivity index is 1.94. The fourth-order valence-electron chi connectivity index (χ4n) is 1.94. The van der Waals surface area contributed by atoms with Crippen LogP contribution in [0.2, 0.25) is 0 Å². The van der Waals surface area contributed by atoms with Crippen LogP contribution in [-0.4, -0.2) is 24.1 Å². The lowest BCUT2D eigenvalue weighted by Crippen LogP contribution is -2.29. The molecule has 4 nitrogen and oxygen atoms in total. The average molecular weight is 216 g/mol. The first kappa shape index (κ1) is 10.9. The first-order valence-electron chi connectivity index (χ1n) is 5.64. The quantitative estimate of drug-likeness (QED) is 0.802. The number of nitrogens with one attached hydrogen (secondary N) is 2. The SMILES string of the molecule is Cc1nc(NCC2CCCN2)ccc1C#N. The average Bonchev–Trinajstić information content (AvgIpc) is 2.79. The van der Waals surface area contributed by atoms with E-state index in [-0.39, 0.29) is 0 Å². The molecule has 2 N–H and O–H groups in total. The van der Waals surface area contributed by atoms with Gasteiger partial charge in [-0.25, -0.2) is 4.98 Å². The van der Waals surface area contributed by atoms with Crippen molar-refractivity contribution in [1.82, 2.24) is 10.3 Å². The van der Waals surface area contributed by atoms with Crippen LogP contribution < -0.4 is 10.6 Å². The van der Waals surface area contributed by atoms with Crippen molar-refractivity contribution in [3.63, 3.8) is 0 Å². The van der Waals surface area contributed by atoms with Crippen molar-refractivity contribution < 1.29 is 0 Å². The maximum Gasteiger partial charge on any atom is 0.126 e. The maximum atomic E-state index is 8.79. The Labute approximate surface area is 95.7 Å². The molecule has 2 rings (SSSR count). The molecular weight excluding hydrogens is 200 g/mol. The van der Waals surface area contributed by atoms with Crippen molar-refractivity contribution in [2.75, 3.05) is 18.4 Å². The van der Waals surface area contributed by atoms with Crippen molar-refractivity contribution in [3.8, 4) is 6.07 Å². The van der Waals surface area contributed by atoms with Crippen LogP contribution in [0.4, 0.5) is 5.82 Å². The fraction of sp³-hybridized carbons (Fsp3) is 0.500. The van der Waals surface area contributed by atoms with Crippen molar-refractivity contribution in [2.24, 2.45) is 0 Å². The summed E-state index contributed by atoms with van der Waals surface area (Å²) in [6.45, 7) is 3.88. The van der Waals surface area contributed by atoms with E-state index in [1.165, 1.54) is 12.8 Å². The van der Waals surface area contributed by atoms with Crippen LogP contribution >= 0.6 is 0 Å². The number of nitriles is 1. The minimum Gasteiger partial charge on any atom is -0.369 e. The zero-order valence-corrected chi connectivity index (χ0v) is 9.45. The van der Waals surface area contributed by atoms with Crippen LogP contribution in [0, 0.1) is 18.3 Å². The van der Waals surface area contributed by atoms with Gasteiger partial charge in [-0.2, -0.15) is 5.26 Å². The van der Waals surface area contributed by atoms with Gasteiger partial charge in [0.1, 0.15) is 11.9 Å². The summed E-state index contributed by atoms with van der Waals surface area (Å²) in [5.41, 5.74) is 1.43. The summed E-state index contributed by atoms with van der Waals surface area (Å²) in [7, 11) is 0. The van der Waals surface area contributed by atoms with E-state index in [1.54, 1.807) is 0 Å². The van der Waals surface area contributed by atoms with E-state index in [1.807, 2.05) is 19.1 Å². The van der Waals surface area contributed by atoms with Crippen LogP contribution in [0.25, 0.3) is 0 Å². The van der Waals surface area contributed by atoms with Gasteiger partial charge in [-0.3, -0.25) is 0 Å². The Hall–Kier alpha value is -1.60. The fourth-order valence-corrected chi connectivity index (χ4v) is 1.94. The molecule has 1 atom stereocenters. The molecule has 1 saturated heterocycles. The number of hydrogen-bond donors (Lipinski definition) is 2. The van der Waals surface area contributed by atoms with Crippen LogP contribution in [0.5, 0.6) is 0 Å². The third-order valence-corrected chi connectivity index (χ3v) is 2.90. The van der Waals surface area contributed by atoms with Gasteiger partial charge < -0.3 is 10.6 Å². The second kappa shape index (κ2) is 4.95. The Morgan fingerprint density at radius 1 is 1.62 bits per heavy atom. The first-order valence-corrected chi connectivity index (χ1v) is 5.64. The number of aromatic nitrogens is 1. The molecule has 4 heteroatoms. The van der Waals surface area contributed by atoms with Gasteiger partial charge >= 0.3 is 0 Å². The van der Waals surface area contributed by atoms with E-state index in [0.717, 1.165) is 24.6 Å². The smallest absolute Gasteiger partial charge is 0.126 e. The molecule has 2 heterocycles. The van der Waals surface area contributed by atoms with Crippen molar-refractivity contribution in [2.45, 2.75) is 25.8 Å². The number of nitrogens with zero attached hydrogens (tertiary/aromatic N) is 2. The molecule has 0 aromatic carbocycles. The molecule has 1 aromatic rings. The van der Waals surface area contributed by atoms with Crippen LogP contribution in [-0.2, 0) is 0 Å². The highest BCUT2D eigenvalue weighted by atomic mass is 15.0. The number of aryl methyl sites for hydroxylation is 1. The number of rotatable bonds is 3. The standard InChI is InChI=1S/C12H16N4/c1-9-10(7-13)4-5-12(16-9)15-8-11-3-2-6-14-11/h4-5,11,14H,2-3,6,8H2,1H3,(H,15,16). The van der Waals surface area contributed by atoms with E-state index in [0.29, 0.717) is 11.6 Å². The zero-order chi connectivity index (χ0) is 11.4. The van der Waals surface area contributed by atoms with Gasteiger partial charge in [0, 0.05) is 12.6 Å². The summed E-state index contributed by atoms with van der Waals surface area (Å²) in [4.78, 5) is 4.34. The highest BCUT2D eigenvalue weighted by Crippen LogP contribution is 2.11. The van der Waals surface area contributed by atoms with E-state index < -0.39 is 0 Å². The Morgan fingerprint density at radius 2 is 2.50 bits per heavy atom. The predicted octanol–water partition coefficient (Wildman–Crippen LogP) is 1.43. The molecule has 1 aliphatic rings. The molecule has 0 saturated carbocycles. The minimum atomic E-state index is 0.553. The Morgan fingerprint density at radius 3 is 3.12 bits per heavy atom. The Bertz CT molecular complexity index is 402. The molecule has 0 spiro atoms. The number of hydrogen-bond acceptors (Lipinski definition) is 4. The molecule has 1 unspecified atom stereocenters. The van der Waals surface area contributed by atoms with Gasteiger partial charge in [0.2, 0.25) is 0 Å². The summed E-state index contributed by atoms with van der Waals surface area (Å²) < 4.78 is 0. The Kier molecular flexibility index (Phi) is 3.37. The number of pyridine rings is 1. The first-order chi connectivity index (χ1) is 7.79. The van der Waals surface area contributed by atoms with Gasteiger partial charge in [0.25, 0.3) is 0 Å². The maximum absolute atomic E-state index is 8.79. The van der Waals surface area contributed by atoms with Gasteiger partial charge in [-0.15, -0.1) is 0 Å². The molecule has 16 heavy (non-hydrogen) atoms. The van der Waals surface area contributed by atoms with Crippen LogP contribution in [0.15, 0.2) is 12.1 Å². The molecule has 1 fully saturated rings. The highest BCUT2D eigenvalue weighted by molar-refractivity contribution is 5.43. The van der Waals surface area contributed by atoms with Gasteiger partial charge in [-0.05, 0) is 38.4 Å². The topological polar surface area (TPSA) is 60.7 Å². The summed E-state index contributed by atoms with van der Waals surface area (Å²) in [5, 5.41) is 15.5. The van der Waals surface area contributed by atoms with E-state index in [2.05, 4.69) is 21.7 Å². The van der Waals surface area contributed by atoms with E-state index in [9.17, 15) is 0 Å². The normalized spacial score (nSPS) is 19.4. The second-order valence-electron chi connectivity index (χ2n) is 4.12. The lowest BCUT2D eigenvalue weighted by Gasteiger charge is -2.12.